The topological polar surface area (TPSA) is 38.3 Å². The van der Waals surface area contributed by atoms with Crippen molar-refractivity contribution in [1.82, 2.24) is 5.32 Å². The Bertz CT molecular complexity index is 605. The van der Waals surface area contributed by atoms with Crippen LogP contribution in [-0.2, 0) is 11.2 Å². The van der Waals surface area contributed by atoms with Gasteiger partial charge in [-0.2, -0.15) is 0 Å². The van der Waals surface area contributed by atoms with Gasteiger partial charge in [0.15, 0.2) is 0 Å². The molecule has 0 aromatic heterocycles. The highest BCUT2D eigenvalue weighted by Gasteiger charge is 2.12. The summed E-state index contributed by atoms with van der Waals surface area (Å²) >= 11 is 0. The summed E-state index contributed by atoms with van der Waals surface area (Å²) in [6.07, 6.45) is 0.320. The Morgan fingerprint density at radius 2 is 1.81 bits per heavy atom. The highest BCUT2D eigenvalue weighted by molar-refractivity contribution is 5.79. The summed E-state index contributed by atoms with van der Waals surface area (Å²) in [5, 5.41) is 3.02. The van der Waals surface area contributed by atoms with E-state index in [2.05, 4.69) is 24.4 Å². The second kappa shape index (κ2) is 6.93. The van der Waals surface area contributed by atoms with Crippen LogP contribution in [0, 0.1) is 6.92 Å². The van der Waals surface area contributed by atoms with E-state index in [4.69, 9.17) is 4.74 Å². The van der Waals surface area contributed by atoms with Crippen molar-refractivity contribution in [2.75, 3.05) is 7.11 Å². The van der Waals surface area contributed by atoms with Crippen molar-refractivity contribution in [3.8, 4) is 5.75 Å². The number of aryl methyl sites for hydroxylation is 1. The number of benzene rings is 2. The first-order valence-electron chi connectivity index (χ1n) is 7.08. The van der Waals surface area contributed by atoms with Crippen LogP contribution in [0.15, 0.2) is 48.5 Å². The number of rotatable bonds is 5. The van der Waals surface area contributed by atoms with Crippen LogP contribution in [0.2, 0.25) is 0 Å². The Morgan fingerprint density at radius 3 is 2.48 bits per heavy atom. The second-order valence-electron chi connectivity index (χ2n) is 5.19. The summed E-state index contributed by atoms with van der Waals surface area (Å²) in [5.41, 5.74) is 3.22. The van der Waals surface area contributed by atoms with Gasteiger partial charge in [0.25, 0.3) is 0 Å². The van der Waals surface area contributed by atoms with Crippen molar-refractivity contribution >= 4 is 5.91 Å². The molecule has 2 rings (SSSR count). The zero-order chi connectivity index (χ0) is 15.2. The molecule has 0 unspecified atom stereocenters. The first kappa shape index (κ1) is 15.1. The third kappa shape index (κ3) is 4.09. The summed E-state index contributed by atoms with van der Waals surface area (Å²) in [6, 6.07) is 15.8. The molecule has 1 atom stereocenters. The van der Waals surface area contributed by atoms with Gasteiger partial charge >= 0.3 is 0 Å². The van der Waals surface area contributed by atoms with Gasteiger partial charge in [-0.05, 0) is 25.5 Å². The summed E-state index contributed by atoms with van der Waals surface area (Å²) in [6.45, 7) is 4.04. The van der Waals surface area contributed by atoms with Crippen molar-refractivity contribution in [3.05, 3.63) is 65.2 Å². The molecule has 2 aromatic carbocycles. The Kier molecular flexibility index (Phi) is 4.99. The van der Waals surface area contributed by atoms with E-state index < -0.39 is 0 Å². The summed E-state index contributed by atoms with van der Waals surface area (Å²) in [5.74, 6) is 0.739. The number of hydrogen-bond acceptors (Lipinski definition) is 2. The van der Waals surface area contributed by atoms with E-state index in [-0.39, 0.29) is 11.9 Å². The second-order valence-corrected chi connectivity index (χ2v) is 5.19. The molecule has 110 valence electrons. The molecule has 3 heteroatoms. The van der Waals surface area contributed by atoms with Crippen LogP contribution in [0.4, 0.5) is 0 Å². The van der Waals surface area contributed by atoms with Crippen molar-refractivity contribution in [2.45, 2.75) is 26.3 Å². The predicted molar refractivity (Wildman–Crippen MR) is 84.4 cm³/mol. The standard InChI is InChI=1S/C18H21NO2/c1-13-8-10-15(11-9-13)14(2)19-18(20)12-16-6-4-5-7-17(16)21-3/h4-11,14H,12H2,1-3H3,(H,19,20)/t14-/m0/s1. The number of amides is 1. The van der Waals surface area contributed by atoms with Crippen LogP contribution in [0.25, 0.3) is 0 Å². The van der Waals surface area contributed by atoms with Crippen molar-refractivity contribution in [1.29, 1.82) is 0 Å². The summed E-state index contributed by atoms with van der Waals surface area (Å²) in [7, 11) is 1.62. The molecule has 0 bridgehead atoms. The lowest BCUT2D eigenvalue weighted by molar-refractivity contribution is -0.121. The molecule has 0 saturated carbocycles. The third-order valence-corrected chi connectivity index (χ3v) is 3.50. The molecule has 0 radical (unpaired) electrons. The van der Waals surface area contributed by atoms with E-state index in [1.807, 2.05) is 43.3 Å². The quantitative estimate of drug-likeness (QED) is 0.913. The van der Waals surface area contributed by atoms with Gasteiger partial charge < -0.3 is 10.1 Å². The van der Waals surface area contributed by atoms with Crippen LogP contribution >= 0.6 is 0 Å². The number of para-hydroxylation sites is 1. The molecule has 21 heavy (non-hydrogen) atoms. The Hall–Kier alpha value is -2.29. The molecule has 1 amide bonds. The highest BCUT2D eigenvalue weighted by atomic mass is 16.5. The van der Waals surface area contributed by atoms with Crippen molar-refractivity contribution in [2.24, 2.45) is 0 Å². The molecular weight excluding hydrogens is 262 g/mol. The van der Waals surface area contributed by atoms with Crippen LogP contribution in [0.5, 0.6) is 5.75 Å². The zero-order valence-corrected chi connectivity index (χ0v) is 12.7. The maximum atomic E-state index is 12.2. The Morgan fingerprint density at radius 1 is 1.14 bits per heavy atom. The van der Waals surface area contributed by atoms with Crippen molar-refractivity contribution in [3.63, 3.8) is 0 Å². The Balaban J connectivity index is 1.99. The number of ether oxygens (including phenoxy) is 1. The fourth-order valence-corrected chi connectivity index (χ4v) is 2.25. The lowest BCUT2D eigenvalue weighted by Crippen LogP contribution is -2.28. The van der Waals surface area contributed by atoms with Crippen molar-refractivity contribution < 1.29 is 9.53 Å². The van der Waals surface area contributed by atoms with Crippen LogP contribution in [0.1, 0.15) is 29.7 Å². The molecule has 3 nitrogen and oxygen atoms in total. The van der Waals surface area contributed by atoms with E-state index in [1.54, 1.807) is 7.11 Å². The normalized spacial score (nSPS) is 11.8. The Labute approximate surface area is 126 Å². The van der Waals surface area contributed by atoms with E-state index in [0.717, 1.165) is 16.9 Å². The van der Waals surface area contributed by atoms with E-state index >= 15 is 0 Å². The average molecular weight is 283 g/mol. The van der Waals surface area contributed by atoms with Crippen LogP contribution in [0.3, 0.4) is 0 Å². The minimum Gasteiger partial charge on any atom is -0.496 e. The minimum absolute atomic E-state index is 0.00666. The molecule has 0 aliphatic rings. The fourth-order valence-electron chi connectivity index (χ4n) is 2.25. The number of methoxy groups -OCH3 is 1. The average Bonchev–Trinajstić information content (AvgIpc) is 2.48. The largest absolute Gasteiger partial charge is 0.496 e. The van der Waals surface area contributed by atoms with E-state index in [9.17, 15) is 4.79 Å². The summed E-state index contributed by atoms with van der Waals surface area (Å²) in [4.78, 5) is 12.2. The molecule has 1 N–H and O–H groups in total. The zero-order valence-electron chi connectivity index (χ0n) is 12.7. The lowest BCUT2D eigenvalue weighted by Gasteiger charge is -2.15. The molecule has 0 heterocycles. The maximum absolute atomic E-state index is 12.2. The van der Waals surface area contributed by atoms with Gasteiger partial charge in [0.1, 0.15) is 5.75 Å². The minimum atomic E-state index is -0.00687. The summed E-state index contributed by atoms with van der Waals surface area (Å²) < 4.78 is 5.27. The van der Waals surface area contributed by atoms with Crippen LogP contribution in [-0.4, -0.2) is 13.0 Å². The lowest BCUT2D eigenvalue weighted by atomic mass is 10.1. The molecule has 0 aliphatic heterocycles. The monoisotopic (exact) mass is 283 g/mol. The molecule has 0 saturated heterocycles. The SMILES string of the molecule is COc1ccccc1CC(=O)N[C@@H](C)c1ccc(C)cc1. The maximum Gasteiger partial charge on any atom is 0.225 e. The highest BCUT2D eigenvalue weighted by Crippen LogP contribution is 2.18. The molecular formula is C18H21NO2. The number of nitrogens with one attached hydrogen (secondary N) is 1. The predicted octanol–water partition coefficient (Wildman–Crippen LogP) is 3.42. The van der Waals surface area contributed by atoms with Gasteiger partial charge in [0, 0.05) is 5.56 Å². The van der Waals surface area contributed by atoms with E-state index in [0.29, 0.717) is 6.42 Å². The number of carbonyl (C=O) groups is 1. The van der Waals surface area contributed by atoms with E-state index in [1.165, 1.54) is 5.56 Å². The first-order valence-corrected chi connectivity index (χ1v) is 7.08. The number of hydrogen-bond donors (Lipinski definition) is 1. The third-order valence-electron chi connectivity index (χ3n) is 3.50. The van der Waals surface area contributed by atoms with Gasteiger partial charge in [0.2, 0.25) is 5.91 Å². The molecule has 2 aromatic rings. The molecule has 0 spiro atoms. The number of carbonyl (C=O) groups excluding carboxylic acids is 1. The van der Waals surface area contributed by atoms with Gasteiger partial charge in [-0.1, -0.05) is 48.0 Å². The van der Waals surface area contributed by atoms with Gasteiger partial charge in [-0.15, -0.1) is 0 Å². The van der Waals surface area contributed by atoms with Gasteiger partial charge in [-0.3, -0.25) is 4.79 Å². The fraction of sp³-hybridized carbons (Fsp3) is 0.278. The van der Waals surface area contributed by atoms with Gasteiger partial charge in [-0.25, -0.2) is 0 Å². The first-order chi connectivity index (χ1) is 10.1. The smallest absolute Gasteiger partial charge is 0.225 e. The van der Waals surface area contributed by atoms with Gasteiger partial charge in [0.05, 0.1) is 19.6 Å². The molecule has 0 fully saturated rings. The van der Waals surface area contributed by atoms with Crippen LogP contribution < -0.4 is 10.1 Å². The molecule has 0 aliphatic carbocycles.